The monoisotopic (exact) mass is 646 g/mol. The highest BCUT2D eigenvalue weighted by atomic mass is 35.5. The highest BCUT2D eigenvalue weighted by Crippen LogP contribution is 2.36. The average Bonchev–Trinajstić information content (AvgIpc) is 3.60. The average molecular weight is 647 g/mol. The molecular formula is C29H30ClF3N8O4. The molecule has 0 atom stereocenters. The van der Waals surface area contributed by atoms with Gasteiger partial charge in [0.15, 0.2) is 11.5 Å². The van der Waals surface area contributed by atoms with Gasteiger partial charge in [0, 0.05) is 45.1 Å². The molecule has 0 bridgehead atoms. The maximum absolute atomic E-state index is 13.6. The van der Waals surface area contributed by atoms with Crippen LogP contribution in [-0.4, -0.2) is 96.8 Å². The van der Waals surface area contributed by atoms with Crippen LogP contribution in [0.1, 0.15) is 39.5 Å². The fourth-order valence-corrected chi connectivity index (χ4v) is 5.71. The van der Waals surface area contributed by atoms with Crippen molar-refractivity contribution in [2.75, 3.05) is 44.6 Å². The third-order valence-corrected chi connectivity index (χ3v) is 8.20. The minimum absolute atomic E-state index is 0.00132. The van der Waals surface area contributed by atoms with E-state index in [1.807, 2.05) is 0 Å². The second kappa shape index (κ2) is 12.5. The lowest BCUT2D eigenvalue weighted by Gasteiger charge is -2.40. The van der Waals surface area contributed by atoms with Gasteiger partial charge >= 0.3 is 6.18 Å². The van der Waals surface area contributed by atoms with Gasteiger partial charge in [-0.3, -0.25) is 19.1 Å². The Morgan fingerprint density at radius 3 is 2.44 bits per heavy atom. The van der Waals surface area contributed by atoms with Crippen LogP contribution < -0.4 is 10.6 Å². The first-order valence-electron chi connectivity index (χ1n) is 14.1. The summed E-state index contributed by atoms with van der Waals surface area (Å²) in [4.78, 5) is 46.3. The maximum atomic E-state index is 13.6. The smallest absolute Gasteiger partial charge is 0.380 e. The van der Waals surface area contributed by atoms with Gasteiger partial charge in [-0.1, -0.05) is 17.5 Å². The number of aliphatic hydroxyl groups is 1. The van der Waals surface area contributed by atoms with Crippen molar-refractivity contribution in [1.82, 2.24) is 34.4 Å². The van der Waals surface area contributed by atoms with Gasteiger partial charge in [0.05, 0.1) is 28.0 Å². The fourth-order valence-electron chi connectivity index (χ4n) is 5.45. The molecule has 0 radical (unpaired) electrons. The summed E-state index contributed by atoms with van der Waals surface area (Å²) < 4.78 is 43.1. The van der Waals surface area contributed by atoms with E-state index >= 15 is 0 Å². The van der Waals surface area contributed by atoms with Crippen LogP contribution in [0.4, 0.5) is 18.9 Å². The van der Waals surface area contributed by atoms with Crippen molar-refractivity contribution in [2.24, 2.45) is 7.05 Å². The maximum Gasteiger partial charge on any atom is 0.435 e. The lowest BCUT2D eigenvalue weighted by Crippen LogP contribution is -2.59. The Hall–Kier alpha value is -4.39. The van der Waals surface area contributed by atoms with Crippen LogP contribution in [0.5, 0.6) is 0 Å². The molecule has 12 nitrogen and oxygen atoms in total. The van der Waals surface area contributed by atoms with Crippen LogP contribution in [0.3, 0.4) is 0 Å². The molecule has 2 aromatic heterocycles. The Kier molecular flexibility index (Phi) is 8.92. The zero-order chi connectivity index (χ0) is 32.5. The van der Waals surface area contributed by atoms with E-state index in [0.717, 1.165) is 17.1 Å². The molecule has 4 heterocycles. The molecular weight excluding hydrogens is 617 g/mol. The molecule has 2 saturated heterocycles. The zero-order valence-corrected chi connectivity index (χ0v) is 25.0. The number of halogens is 4. The summed E-state index contributed by atoms with van der Waals surface area (Å²) in [7, 11) is 1.39. The number of piperidine rings is 1. The van der Waals surface area contributed by atoms with E-state index in [1.54, 1.807) is 9.80 Å². The van der Waals surface area contributed by atoms with Gasteiger partial charge in [-0.05, 0) is 44.1 Å². The van der Waals surface area contributed by atoms with Gasteiger partial charge in [-0.2, -0.15) is 18.3 Å². The second-order valence-corrected chi connectivity index (χ2v) is 11.2. The number of nitrogens with one attached hydrogen (secondary N) is 2. The van der Waals surface area contributed by atoms with Gasteiger partial charge in [0.2, 0.25) is 0 Å². The second-order valence-electron chi connectivity index (χ2n) is 10.8. The number of hydrogen-bond donors (Lipinski definition) is 3. The van der Waals surface area contributed by atoms with E-state index in [1.165, 1.54) is 29.8 Å². The van der Waals surface area contributed by atoms with Crippen LogP contribution >= 0.6 is 11.6 Å². The third kappa shape index (κ3) is 6.53. The number of aromatic nitrogens is 4. The molecule has 0 saturated carbocycles. The van der Waals surface area contributed by atoms with Crippen molar-refractivity contribution < 1.29 is 32.7 Å². The Bertz CT molecular complexity index is 1660. The summed E-state index contributed by atoms with van der Waals surface area (Å²) >= 11 is 6.42. The number of anilines is 1. The van der Waals surface area contributed by atoms with Gasteiger partial charge in [-0.15, -0.1) is 6.42 Å². The van der Waals surface area contributed by atoms with Crippen LogP contribution in [0.2, 0.25) is 5.02 Å². The van der Waals surface area contributed by atoms with E-state index in [2.05, 4.69) is 26.6 Å². The van der Waals surface area contributed by atoms with Gasteiger partial charge in [0.1, 0.15) is 12.1 Å². The number of nitrogens with zero attached hydrogens (tertiary/aromatic N) is 6. The highest BCUT2D eigenvalue weighted by molar-refractivity contribution is 6.34. The number of terminal acetylenes is 1. The number of carbonyl (C=O) groups is 3. The zero-order valence-electron chi connectivity index (χ0n) is 24.2. The van der Waals surface area contributed by atoms with Crippen LogP contribution in [0.25, 0.3) is 11.3 Å². The van der Waals surface area contributed by atoms with Crippen molar-refractivity contribution in [3.63, 3.8) is 0 Å². The van der Waals surface area contributed by atoms with Gasteiger partial charge in [0.25, 0.3) is 17.7 Å². The van der Waals surface area contributed by atoms with Crippen molar-refractivity contribution in [3.8, 4) is 23.6 Å². The van der Waals surface area contributed by atoms with E-state index in [9.17, 15) is 32.7 Å². The minimum Gasteiger partial charge on any atom is -0.380 e. The molecule has 16 heteroatoms. The molecule has 1 aromatic carbocycles. The number of hydrogen-bond acceptors (Lipinski definition) is 7. The van der Waals surface area contributed by atoms with E-state index in [4.69, 9.17) is 18.0 Å². The van der Waals surface area contributed by atoms with E-state index in [0.29, 0.717) is 25.9 Å². The lowest BCUT2D eigenvalue weighted by atomic mass is 9.90. The molecule has 2 fully saturated rings. The summed E-state index contributed by atoms with van der Waals surface area (Å²) in [6, 6.07) is 4.31. The Morgan fingerprint density at radius 1 is 1.16 bits per heavy atom. The molecule has 5 rings (SSSR count). The van der Waals surface area contributed by atoms with E-state index < -0.39 is 23.4 Å². The van der Waals surface area contributed by atoms with Crippen molar-refractivity contribution in [3.05, 3.63) is 52.7 Å². The number of amides is 3. The molecule has 3 N–H and O–H groups in total. The number of imidazole rings is 1. The first-order valence-corrected chi connectivity index (χ1v) is 14.4. The molecule has 0 unspecified atom stereocenters. The third-order valence-electron chi connectivity index (χ3n) is 7.89. The van der Waals surface area contributed by atoms with Gasteiger partial charge < -0.3 is 30.1 Å². The van der Waals surface area contributed by atoms with Crippen LogP contribution in [0, 0.1) is 12.3 Å². The number of benzene rings is 1. The van der Waals surface area contributed by atoms with Gasteiger partial charge in [-0.25, -0.2) is 4.98 Å². The predicted octanol–water partition coefficient (Wildman–Crippen LogP) is 2.24. The normalized spacial score (nSPS) is 16.7. The SMILES string of the molecule is C#CCn1cc(-c2cnc(C(=O)Nc3ccc(C(=O)N4CCN(C(=O)C5(O)CCNCC5)CC4)c(Cl)c3)n2C)c(C(F)(F)F)n1. The minimum atomic E-state index is -4.77. The Labute approximate surface area is 261 Å². The molecule has 0 aliphatic carbocycles. The number of rotatable bonds is 6. The number of carbonyl (C=O) groups excluding carboxylic acids is 3. The first kappa shape index (κ1) is 32.0. The first-order chi connectivity index (χ1) is 21.3. The predicted molar refractivity (Wildman–Crippen MR) is 157 cm³/mol. The number of alkyl halides is 3. The van der Waals surface area contributed by atoms with Crippen molar-refractivity contribution in [2.45, 2.75) is 31.2 Å². The number of piperazine rings is 1. The molecule has 45 heavy (non-hydrogen) atoms. The highest BCUT2D eigenvalue weighted by Gasteiger charge is 2.41. The molecule has 238 valence electrons. The van der Waals surface area contributed by atoms with Crippen LogP contribution in [0.15, 0.2) is 30.6 Å². The van der Waals surface area contributed by atoms with Crippen LogP contribution in [-0.2, 0) is 24.6 Å². The molecule has 2 aliphatic heterocycles. The van der Waals surface area contributed by atoms with Crippen molar-refractivity contribution >= 4 is 35.0 Å². The Morgan fingerprint density at radius 2 is 1.82 bits per heavy atom. The summed E-state index contributed by atoms with van der Waals surface area (Å²) in [5.41, 5.74) is -2.42. The largest absolute Gasteiger partial charge is 0.435 e. The van der Waals surface area contributed by atoms with Crippen molar-refractivity contribution in [1.29, 1.82) is 0 Å². The fraction of sp³-hybridized carbons (Fsp3) is 0.414. The Balaban J connectivity index is 1.24. The summed E-state index contributed by atoms with van der Waals surface area (Å²) in [5, 5.41) is 20.1. The molecule has 0 spiro atoms. The quantitative estimate of drug-likeness (QED) is 0.350. The standard InChI is InChI=1S/C29H30ClF3N8O4/c1-3-10-41-17-20(23(37-41)29(31,32)33)22-16-35-24(38(22)2)25(42)36-18-4-5-19(21(30)15-18)26(43)39-11-13-40(14-12-39)27(44)28(45)6-8-34-9-7-28/h1,4-5,15-17,34,45H,6-14H2,2H3,(H,36,42). The summed E-state index contributed by atoms with van der Waals surface area (Å²) in [6.45, 7) is 1.99. The molecule has 2 aliphatic rings. The lowest BCUT2D eigenvalue weighted by molar-refractivity contribution is -0.155. The topological polar surface area (TPSA) is 138 Å². The molecule has 3 amide bonds. The summed E-state index contributed by atoms with van der Waals surface area (Å²) in [6.07, 6.45) is 3.40. The molecule has 3 aromatic rings. The summed E-state index contributed by atoms with van der Waals surface area (Å²) in [5.74, 6) is 0.649. The van der Waals surface area contributed by atoms with E-state index in [-0.39, 0.29) is 77.9 Å².